The molecule has 1 N–H and O–H groups in total. The Balaban J connectivity index is 2.17. The number of halogens is 1. The SMILES string of the molecule is CCCCC[C@@H](c1cccc(F)c1C)N1CCNCC1. The van der Waals surface area contributed by atoms with Gasteiger partial charge in [0.2, 0.25) is 0 Å². The van der Waals surface area contributed by atoms with Crippen LogP contribution in [0.3, 0.4) is 0 Å². The van der Waals surface area contributed by atoms with Crippen LogP contribution in [0.2, 0.25) is 0 Å². The lowest BCUT2D eigenvalue weighted by atomic mass is 9.94. The molecule has 1 aromatic rings. The van der Waals surface area contributed by atoms with Crippen molar-refractivity contribution in [2.75, 3.05) is 26.2 Å². The second-order valence-electron chi connectivity index (χ2n) is 5.75. The minimum absolute atomic E-state index is 0.0712. The van der Waals surface area contributed by atoms with E-state index in [-0.39, 0.29) is 5.82 Å². The van der Waals surface area contributed by atoms with Crippen LogP contribution in [0.15, 0.2) is 18.2 Å². The van der Waals surface area contributed by atoms with Gasteiger partial charge in [0.15, 0.2) is 0 Å². The predicted octanol–water partition coefficient (Wildman–Crippen LogP) is 3.66. The maximum atomic E-state index is 13.9. The van der Waals surface area contributed by atoms with Crippen LogP contribution in [0.5, 0.6) is 0 Å². The topological polar surface area (TPSA) is 15.3 Å². The first-order valence-corrected chi connectivity index (χ1v) is 7.93. The van der Waals surface area contributed by atoms with Crippen molar-refractivity contribution in [3.8, 4) is 0 Å². The second kappa shape index (κ2) is 7.75. The normalized spacial score (nSPS) is 18.1. The van der Waals surface area contributed by atoms with E-state index in [4.69, 9.17) is 0 Å². The van der Waals surface area contributed by atoms with Gasteiger partial charge in [0.25, 0.3) is 0 Å². The quantitative estimate of drug-likeness (QED) is 0.799. The average molecular weight is 278 g/mol. The lowest BCUT2D eigenvalue weighted by Gasteiger charge is -2.36. The highest BCUT2D eigenvalue weighted by Gasteiger charge is 2.23. The van der Waals surface area contributed by atoms with Gasteiger partial charge in [0, 0.05) is 32.2 Å². The molecule has 2 rings (SSSR count). The third-order valence-corrected chi connectivity index (χ3v) is 4.34. The van der Waals surface area contributed by atoms with Gasteiger partial charge in [-0.25, -0.2) is 4.39 Å². The summed E-state index contributed by atoms with van der Waals surface area (Å²) < 4.78 is 13.9. The van der Waals surface area contributed by atoms with Crippen LogP contribution in [0.25, 0.3) is 0 Å². The van der Waals surface area contributed by atoms with Gasteiger partial charge < -0.3 is 5.32 Å². The van der Waals surface area contributed by atoms with E-state index in [0.717, 1.165) is 38.2 Å². The molecular weight excluding hydrogens is 251 g/mol. The maximum absolute atomic E-state index is 13.9. The van der Waals surface area contributed by atoms with Crippen molar-refractivity contribution >= 4 is 0 Å². The lowest BCUT2D eigenvalue weighted by molar-refractivity contribution is 0.162. The van der Waals surface area contributed by atoms with Gasteiger partial charge in [-0.05, 0) is 30.5 Å². The van der Waals surface area contributed by atoms with Crippen molar-refractivity contribution in [1.82, 2.24) is 10.2 Å². The Morgan fingerprint density at radius 2 is 2.00 bits per heavy atom. The fourth-order valence-electron chi connectivity index (χ4n) is 3.10. The molecule has 0 saturated carbocycles. The zero-order valence-electron chi connectivity index (χ0n) is 12.8. The van der Waals surface area contributed by atoms with Crippen molar-refractivity contribution < 1.29 is 4.39 Å². The summed E-state index contributed by atoms with van der Waals surface area (Å²) >= 11 is 0. The van der Waals surface area contributed by atoms with E-state index in [1.807, 2.05) is 13.0 Å². The van der Waals surface area contributed by atoms with E-state index in [9.17, 15) is 4.39 Å². The Kier molecular flexibility index (Phi) is 5.99. The first-order valence-electron chi connectivity index (χ1n) is 7.93. The lowest BCUT2D eigenvalue weighted by Crippen LogP contribution is -2.45. The van der Waals surface area contributed by atoms with Crippen molar-refractivity contribution in [3.05, 3.63) is 35.1 Å². The molecule has 1 saturated heterocycles. The summed E-state index contributed by atoms with van der Waals surface area (Å²) in [6.45, 7) is 8.35. The number of nitrogens with one attached hydrogen (secondary N) is 1. The molecule has 0 bridgehead atoms. The van der Waals surface area contributed by atoms with Gasteiger partial charge in [-0.2, -0.15) is 0 Å². The summed E-state index contributed by atoms with van der Waals surface area (Å²) in [6, 6.07) is 5.91. The highest BCUT2D eigenvalue weighted by Crippen LogP contribution is 2.30. The van der Waals surface area contributed by atoms with Crippen LogP contribution in [-0.2, 0) is 0 Å². The fourth-order valence-corrected chi connectivity index (χ4v) is 3.10. The molecule has 0 spiro atoms. The van der Waals surface area contributed by atoms with Gasteiger partial charge in [0.1, 0.15) is 5.82 Å². The molecule has 112 valence electrons. The van der Waals surface area contributed by atoms with Crippen molar-refractivity contribution in [1.29, 1.82) is 0 Å². The molecule has 2 nitrogen and oxygen atoms in total. The van der Waals surface area contributed by atoms with Crippen molar-refractivity contribution in [2.45, 2.75) is 45.6 Å². The fraction of sp³-hybridized carbons (Fsp3) is 0.647. The molecule has 0 radical (unpaired) electrons. The van der Waals surface area contributed by atoms with Gasteiger partial charge in [0.05, 0.1) is 0 Å². The number of benzene rings is 1. The molecule has 1 aliphatic rings. The third kappa shape index (κ3) is 3.80. The molecule has 1 fully saturated rings. The van der Waals surface area contributed by atoms with E-state index in [1.54, 1.807) is 6.07 Å². The number of nitrogens with zero attached hydrogens (tertiary/aromatic N) is 1. The molecule has 0 aliphatic carbocycles. The first kappa shape index (κ1) is 15.5. The number of hydrogen-bond donors (Lipinski definition) is 1. The third-order valence-electron chi connectivity index (χ3n) is 4.34. The first-order chi connectivity index (χ1) is 9.74. The summed E-state index contributed by atoms with van der Waals surface area (Å²) in [6.07, 6.45) is 4.85. The number of unbranched alkanes of at least 4 members (excludes halogenated alkanes) is 2. The van der Waals surface area contributed by atoms with E-state index in [1.165, 1.54) is 24.8 Å². The van der Waals surface area contributed by atoms with E-state index in [2.05, 4.69) is 23.2 Å². The van der Waals surface area contributed by atoms with Crippen LogP contribution in [0, 0.1) is 12.7 Å². The Morgan fingerprint density at radius 3 is 2.70 bits per heavy atom. The molecule has 0 unspecified atom stereocenters. The molecule has 1 aromatic carbocycles. The zero-order chi connectivity index (χ0) is 14.4. The highest BCUT2D eigenvalue weighted by molar-refractivity contribution is 5.30. The van der Waals surface area contributed by atoms with Crippen LogP contribution < -0.4 is 5.32 Å². The van der Waals surface area contributed by atoms with Gasteiger partial charge >= 0.3 is 0 Å². The Bertz CT molecular complexity index is 413. The van der Waals surface area contributed by atoms with E-state index < -0.39 is 0 Å². The second-order valence-corrected chi connectivity index (χ2v) is 5.75. The minimum Gasteiger partial charge on any atom is -0.314 e. The van der Waals surface area contributed by atoms with Crippen LogP contribution in [0.1, 0.15) is 49.8 Å². The number of hydrogen-bond acceptors (Lipinski definition) is 2. The predicted molar refractivity (Wildman–Crippen MR) is 82.5 cm³/mol. The zero-order valence-corrected chi connectivity index (χ0v) is 12.8. The summed E-state index contributed by atoms with van der Waals surface area (Å²) in [5.41, 5.74) is 2.01. The summed E-state index contributed by atoms with van der Waals surface area (Å²) in [7, 11) is 0. The molecule has 3 heteroatoms. The molecule has 0 amide bonds. The molecule has 1 heterocycles. The van der Waals surface area contributed by atoms with E-state index >= 15 is 0 Å². The largest absolute Gasteiger partial charge is 0.314 e. The maximum Gasteiger partial charge on any atom is 0.126 e. The Labute approximate surface area is 122 Å². The molecule has 20 heavy (non-hydrogen) atoms. The van der Waals surface area contributed by atoms with Gasteiger partial charge in [-0.1, -0.05) is 38.3 Å². The van der Waals surface area contributed by atoms with Gasteiger partial charge in [-0.15, -0.1) is 0 Å². The van der Waals surface area contributed by atoms with Crippen LogP contribution in [-0.4, -0.2) is 31.1 Å². The van der Waals surface area contributed by atoms with Crippen LogP contribution >= 0.6 is 0 Å². The van der Waals surface area contributed by atoms with Gasteiger partial charge in [-0.3, -0.25) is 4.90 Å². The summed E-state index contributed by atoms with van der Waals surface area (Å²) in [5.74, 6) is -0.0712. The molecular formula is C17H27FN2. The summed E-state index contributed by atoms with van der Waals surface area (Å²) in [4.78, 5) is 2.52. The standard InChI is InChI=1S/C17H27FN2/c1-3-4-5-9-17(20-12-10-19-11-13-20)15-7-6-8-16(18)14(15)2/h6-8,17,19H,3-5,9-13H2,1-2H3/t17-/m0/s1. The minimum atomic E-state index is -0.0712. The average Bonchev–Trinajstić information content (AvgIpc) is 2.48. The highest BCUT2D eigenvalue weighted by atomic mass is 19.1. The monoisotopic (exact) mass is 278 g/mol. The number of rotatable bonds is 6. The Morgan fingerprint density at radius 1 is 1.25 bits per heavy atom. The van der Waals surface area contributed by atoms with Crippen LogP contribution in [0.4, 0.5) is 4.39 Å². The van der Waals surface area contributed by atoms with E-state index in [0.29, 0.717) is 6.04 Å². The summed E-state index contributed by atoms with van der Waals surface area (Å²) in [5, 5.41) is 3.40. The smallest absolute Gasteiger partial charge is 0.126 e. The van der Waals surface area contributed by atoms with Crippen molar-refractivity contribution in [3.63, 3.8) is 0 Å². The molecule has 0 aromatic heterocycles. The molecule has 1 atom stereocenters. The number of piperazine rings is 1. The Hall–Kier alpha value is -0.930. The molecule has 1 aliphatic heterocycles. The van der Waals surface area contributed by atoms with Crippen molar-refractivity contribution in [2.24, 2.45) is 0 Å².